The van der Waals surface area contributed by atoms with Gasteiger partial charge in [-0.15, -0.1) is 0 Å². The molecule has 186 valence electrons. The topological polar surface area (TPSA) is 104 Å². The number of cyclic esters (lactones) is 1. The second-order valence-electron chi connectivity index (χ2n) is 9.64. The number of rotatable bonds is 6. The van der Waals surface area contributed by atoms with Gasteiger partial charge in [0, 0.05) is 43.5 Å². The molecular weight excluding hydrogens is 444 g/mol. The van der Waals surface area contributed by atoms with Gasteiger partial charge in [0.15, 0.2) is 0 Å². The van der Waals surface area contributed by atoms with E-state index in [1.54, 1.807) is 11.1 Å². The maximum absolute atomic E-state index is 12.5. The van der Waals surface area contributed by atoms with Crippen molar-refractivity contribution in [3.63, 3.8) is 0 Å². The molecule has 1 unspecified atom stereocenters. The Hall–Kier alpha value is -3.49. The number of nitrogens with two attached hydrogens (primary N) is 1. The maximum Gasteiger partial charge on any atom is 0.414 e. The third-order valence-electron chi connectivity index (χ3n) is 7.25. The Morgan fingerprint density at radius 1 is 0.971 bits per heavy atom. The molecule has 1 aromatic heterocycles. The number of benzene rings is 1. The van der Waals surface area contributed by atoms with E-state index in [0.29, 0.717) is 18.8 Å². The van der Waals surface area contributed by atoms with Crippen molar-refractivity contribution in [1.82, 2.24) is 10.3 Å². The minimum absolute atomic E-state index is 0.0934. The van der Waals surface area contributed by atoms with Crippen LogP contribution in [0.25, 0.3) is 0 Å². The number of piperazine rings is 1. The number of hydrogen-bond acceptors (Lipinski definition) is 7. The Bertz CT molecular complexity index is 1010. The Balaban J connectivity index is 1.11. The molecule has 1 atom stereocenters. The summed E-state index contributed by atoms with van der Waals surface area (Å²) < 4.78 is 5.52. The molecule has 1 saturated carbocycles. The molecular formula is C26H34N6O3. The van der Waals surface area contributed by atoms with Crippen molar-refractivity contribution in [1.29, 1.82) is 0 Å². The van der Waals surface area contributed by atoms with Gasteiger partial charge in [-0.2, -0.15) is 0 Å². The van der Waals surface area contributed by atoms with E-state index in [-0.39, 0.29) is 24.0 Å². The van der Waals surface area contributed by atoms with Gasteiger partial charge < -0.3 is 25.6 Å². The van der Waals surface area contributed by atoms with Crippen molar-refractivity contribution in [2.24, 2.45) is 5.92 Å². The first-order valence-corrected chi connectivity index (χ1v) is 12.6. The Morgan fingerprint density at radius 2 is 1.66 bits per heavy atom. The quantitative estimate of drug-likeness (QED) is 0.658. The van der Waals surface area contributed by atoms with Crippen LogP contribution in [0.4, 0.5) is 27.7 Å². The van der Waals surface area contributed by atoms with Crippen LogP contribution in [-0.4, -0.2) is 62.4 Å². The first-order chi connectivity index (χ1) is 17.1. The average Bonchev–Trinajstić information content (AvgIpc) is 3.29. The third kappa shape index (κ3) is 5.44. The van der Waals surface area contributed by atoms with Crippen molar-refractivity contribution >= 4 is 34.9 Å². The highest BCUT2D eigenvalue weighted by Gasteiger charge is 2.33. The van der Waals surface area contributed by atoms with E-state index < -0.39 is 0 Å². The van der Waals surface area contributed by atoms with Crippen molar-refractivity contribution < 1.29 is 14.3 Å². The van der Waals surface area contributed by atoms with Crippen LogP contribution in [0.5, 0.6) is 0 Å². The molecule has 1 aromatic carbocycles. The largest absolute Gasteiger partial charge is 0.442 e. The molecule has 3 aliphatic rings. The number of nitrogens with zero attached hydrogens (tertiary/aromatic N) is 4. The number of carbonyl (C=O) groups is 2. The van der Waals surface area contributed by atoms with Crippen LogP contribution in [0.15, 0.2) is 42.6 Å². The van der Waals surface area contributed by atoms with Gasteiger partial charge in [0.05, 0.1) is 25.0 Å². The fourth-order valence-corrected chi connectivity index (χ4v) is 5.18. The lowest BCUT2D eigenvalue weighted by molar-refractivity contribution is -0.126. The summed E-state index contributed by atoms with van der Waals surface area (Å²) in [5.74, 6) is 1.15. The molecule has 3 fully saturated rings. The highest BCUT2D eigenvalue weighted by atomic mass is 16.6. The molecule has 3 N–H and O–H groups in total. The van der Waals surface area contributed by atoms with E-state index in [0.717, 1.165) is 69.1 Å². The summed E-state index contributed by atoms with van der Waals surface area (Å²) in [4.78, 5) is 35.5. The van der Waals surface area contributed by atoms with Crippen molar-refractivity contribution in [2.45, 2.75) is 38.2 Å². The van der Waals surface area contributed by atoms with Gasteiger partial charge in [0.2, 0.25) is 5.91 Å². The molecule has 9 heteroatoms. The Morgan fingerprint density at radius 3 is 2.34 bits per heavy atom. The number of amides is 2. The number of aromatic nitrogens is 1. The Labute approximate surface area is 206 Å². The second kappa shape index (κ2) is 10.4. The fourth-order valence-electron chi connectivity index (χ4n) is 5.18. The number of carbonyl (C=O) groups excluding carboxylic acids is 2. The lowest BCUT2D eigenvalue weighted by Gasteiger charge is -2.36. The molecule has 2 aromatic rings. The summed E-state index contributed by atoms with van der Waals surface area (Å²) in [5.41, 5.74) is 8.35. The van der Waals surface area contributed by atoms with Crippen LogP contribution in [0, 0.1) is 5.92 Å². The van der Waals surface area contributed by atoms with Gasteiger partial charge in [0.1, 0.15) is 11.9 Å². The summed E-state index contributed by atoms with van der Waals surface area (Å²) in [6.45, 7) is 4.34. The van der Waals surface area contributed by atoms with Crippen molar-refractivity contribution in [3.8, 4) is 0 Å². The molecule has 0 radical (unpaired) electrons. The van der Waals surface area contributed by atoms with Gasteiger partial charge in [-0.25, -0.2) is 9.78 Å². The molecule has 1 aliphatic carbocycles. The summed E-state index contributed by atoms with van der Waals surface area (Å²) in [7, 11) is 0. The lowest BCUT2D eigenvalue weighted by Crippen LogP contribution is -2.46. The van der Waals surface area contributed by atoms with Crippen molar-refractivity contribution in [2.75, 3.05) is 59.7 Å². The lowest BCUT2D eigenvalue weighted by atomic mass is 9.88. The second-order valence-corrected chi connectivity index (χ2v) is 9.64. The van der Waals surface area contributed by atoms with Crippen LogP contribution in [0.3, 0.4) is 0 Å². The van der Waals surface area contributed by atoms with Gasteiger partial charge in [-0.1, -0.05) is 19.3 Å². The van der Waals surface area contributed by atoms with Crippen LogP contribution in [-0.2, 0) is 9.53 Å². The number of anilines is 4. The van der Waals surface area contributed by atoms with E-state index in [2.05, 4.69) is 32.2 Å². The van der Waals surface area contributed by atoms with Crippen molar-refractivity contribution in [3.05, 3.63) is 42.6 Å². The third-order valence-corrected chi connectivity index (χ3v) is 7.25. The highest BCUT2D eigenvalue weighted by molar-refractivity contribution is 5.90. The predicted octanol–water partition coefficient (Wildman–Crippen LogP) is 3.01. The SMILES string of the molecule is Nc1ccc(N2CCN(c3ccc(N4CC(CNC(=O)C5CCCCC5)OC4=O)cc3)CC2)nc1. The van der Waals surface area contributed by atoms with Crippen LogP contribution in [0.2, 0.25) is 0 Å². The molecule has 2 saturated heterocycles. The number of nitrogen functional groups attached to an aromatic ring is 1. The molecule has 2 aliphatic heterocycles. The number of nitrogens with one attached hydrogen (secondary N) is 1. The molecule has 2 amide bonds. The minimum Gasteiger partial charge on any atom is -0.442 e. The van der Waals surface area contributed by atoms with E-state index >= 15 is 0 Å². The van der Waals surface area contributed by atoms with E-state index in [1.807, 2.05) is 24.3 Å². The van der Waals surface area contributed by atoms with E-state index in [4.69, 9.17) is 10.5 Å². The molecule has 3 heterocycles. The van der Waals surface area contributed by atoms with Gasteiger partial charge in [-0.05, 0) is 49.2 Å². The monoisotopic (exact) mass is 478 g/mol. The maximum atomic E-state index is 12.5. The fraction of sp³-hybridized carbons (Fsp3) is 0.500. The zero-order valence-electron chi connectivity index (χ0n) is 20.1. The smallest absolute Gasteiger partial charge is 0.414 e. The average molecular weight is 479 g/mol. The molecule has 35 heavy (non-hydrogen) atoms. The summed E-state index contributed by atoms with van der Waals surface area (Å²) in [6, 6.07) is 11.9. The molecule has 9 nitrogen and oxygen atoms in total. The first kappa shape index (κ1) is 23.3. The van der Waals surface area contributed by atoms with Crippen LogP contribution >= 0.6 is 0 Å². The van der Waals surface area contributed by atoms with Crippen LogP contribution in [0.1, 0.15) is 32.1 Å². The first-order valence-electron chi connectivity index (χ1n) is 12.6. The molecule has 5 rings (SSSR count). The predicted molar refractivity (Wildman–Crippen MR) is 137 cm³/mol. The van der Waals surface area contributed by atoms with Gasteiger partial charge >= 0.3 is 6.09 Å². The van der Waals surface area contributed by atoms with Crippen LogP contribution < -0.4 is 25.8 Å². The highest BCUT2D eigenvalue weighted by Crippen LogP contribution is 2.27. The molecule has 0 bridgehead atoms. The zero-order valence-corrected chi connectivity index (χ0v) is 20.1. The normalized spacial score (nSPS) is 21.2. The number of hydrogen-bond donors (Lipinski definition) is 2. The summed E-state index contributed by atoms with van der Waals surface area (Å²) >= 11 is 0. The van der Waals surface area contributed by atoms with Gasteiger partial charge in [0.25, 0.3) is 0 Å². The Kier molecular flexibility index (Phi) is 6.92. The summed E-state index contributed by atoms with van der Waals surface area (Å²) in [5, 5.41) is 2.99. The number of ether oxygens (including phenoxy) is 1. The van der Waals surface area contributed by atoms with E-state index in [9.17, 15) is 9.59 Å². The summed E-state index contributed by atoms with van der Waals surface area (Å²) in [6.07, 6.45) is 6.38. The van der Waals surface area contributed by atoms with Gasteiger partial charge in [-0.3, -0.25) is 9.69 Å². The zero-order chi connectivity index (χ0) is 24.2. The standard InChI is InChI=1S/C26H34N6O3/c27-20-6-11-24(28-16-20)31-14-12-30(13-15-31)21-7-9-22(10-8-21)32-18-23(35-26(32)34)17-29-25(33)19-4-2-1-3-5-19/h6-11,16,19,23H,1-5,12-15,17-18,27H2,(H,29,33). The molecule has 0 spiro atoms. The minimum atomic E-state index is -0.362. The van der Waals surface area contributed by atoms with E-state index in [1.165, 1.54) is 6.42 Å². The number of pyridine rings is 1.